The Labute approximate surface area is 119 Å². The number of likely N-dealkylation sites (N-methyl/N-ethyl adjacent to an activating group) is 1. The Bertz CT molecular complexity index is 478. The van der Waals surface area contributed by atoms with Crippen molar-refractivity contribution in [3.05, 3.63) is 34.3 Å². The number of nitrogens with zero attached hydrogens (tertiary/aromatic N) is 2. The molecule has 0 spiro atoms. The Morgan fingerprint density at radius 2 is 2.21 bits per heavy atom. The number of halogens is 1. The lowest BCUT2D eigenvalue weighted by molar-refractivity contribution is 0.0516. The zero-order valence-electron chi connectivity index (χ0n) is 11.4. The molecule has 0 saturated carbocycles. The number of carbonyl (C=O) groups is 1. The molecule has 1 aliphatic rings. The normalized spacial score (nSPS) is 20.6. The highest BCUT2D eigenvalue weighted by molar-refractivity contribution is 6.31. The van der Waals surface area contributed by atoms with E-state index in [0.717, 1.165) is 18.7 Å². The van der Waals surface area contributed by atoms with Gasteiger partial charge in [-0.3, -0.25) is 4.79 Å². The zero-order valence-corrected chi connectivity index (χ0v) is 12.2. The summed E-state index contributed by atoms with van der Waals surface area (Å²) in [5.74, 6) is 0.0189. The average Bonchev–Trinajstić information content (AvgIpc) is 2.41. The number of benzene rings is 1. The van der Waals surface area contributed by atoms with Gasteiger partial charge >= 0.3 is 0 Å². The molecule has 1 amide bonds. The minimum atomic E-state index is 0.0189. The first-order chi connectivity index (χ1) is 9.02. The number of aryl methyl sites for hydroxylation is 1. The van der Waals surface area contributed by atoms with Gasteiger partial charge in [0.15, 0.2) is 0 Å². The van der Waals surface area contributed by atoms with E-state index in [1.54, 1.807) is 6.07 Å². The smallest absolute Gasteiger partial charge is 0.254 e. The standard InChI is InChI=1S/C14H20ClN3O/c1-10-3-4-11(7-13(10)15)14(19)18-6-5-17(2)9-12(18)8-16/h3-4,7,12H,5-6,8-9,16H2,1-2H3/t12-/m1/s1. The lowest BCUT2D eigenvalue weighted by Gasteiger charge is -2.39. The van der Waals surface area contributed by atoms with E-state index in [1.165, 1.54) is 0 Å². The Morgan fingerprint density at radius 3 is 2.84 bits per heavy atom. The minimum Gasteiger partial charge on any atom is -0.332 e. The molecule has 0 bridgehead atoms. The van der Waals surface area contributed by atoms with Crippen molar-refractivity contribution in [3.8, 4) is 0 Å². The topological polar surface area (TPSA) is 49.6 Å². The number of rotatable bonds is 2. The van der Waals surface area contributed by atoms with Crippen molar-refractivity contribution in [2.24, 2.45) is 5.73 Å². The molecule has 1 atom stereocenters. The monoisotopic (exact) mass is 281 g/mol. The predicted molar refractivity (Wildman–Crippen MR) is 77.6 cm³/mol. The summed E-state index contributed by atoms with van der Waals surface area (Å²) in [5.41, 5.74) is 7.40. The number of hydrogen-bond donors (Lipinski definition) is 1. The highest BCUT2D eigenvalue weighted by Crippen LogP contribution is 2.19. The summed E-state index contributed by atoms with van der Waals surface area (Å²) in [6.07, 6.45) is 0. The molecule has 1 aromatic carbocycles. The van der Waals surface area contributed by atoms with Gasteiger partial charge in [-0.2, -0.15) is 0 Å². The van der Waals surface area contributed by atoms with Gasteiger partial charge in [0.2, 0.25) is 0 Å². The molecule has 0 radical (unpaired) electrons. The number of amides is 1. The van der Waals surface area contributed by atoms with Gasteiger partial charge in [0.05, 0.1) is 6.04 Å². The van der Waals surface area contributed by atoms with Crippen LogP contribution in [0.4, 0.5) is 0 Å². The van der Waals surface area contributed by atoms with E-state index in [4.69, 9.17) is 17.3 Å². The first-order valence-corrected chi connectivity index (χ1v) is 6.86. The van der Waals surface area contributed by atoms with Crippen LogP contribution in [0.1, 0.15) is 15.9 Å². The predicted octanol–water partition coefficient (Wildman–Crippen LogP) is 1.36. The van der Waals surface area contributed by atoms with Crippen LogP contribution in [-0.2, 0) is 0 Å². The third-order valence-electron chi connectivity index (χ3n) is 3.64. The third-order valence-corrected chi connectivity index (χ3v) is 4.04. The number of carbonyl (C=O) groups excluding carboxylic acids is 1. The second-order valence-corrected chi connectivity index (χ2v) is 5.52. The highest BCUT2D eigenvalue weighted by atomic mass is 35.5. The van der Waals surface area contributed by atoms with Crippen molar-refractivity contribution < 1.29 is 4.79 Å². The van der Waals surface area contributed by atoms with E-state index in [0.29, 0.717) is 23.7 Å². The van der Waals surface area contributed by atoms with Gasteiger partial charge in [0, 0.05) is 36.8 Å². The summed E-state index contributed by atoms with van der Waals surface area (Å²) >= 11 is 6.09. The van der Waals surface area contributed by atoms with Crippen LogP contribution in [0.5, 0.6) is 0 Å². The molecule has 19 heavy (non-hydrogen) atoms. The van der Waals surface area contributed by atoms with Crippen LogP contribution in [-0.4, -0.2) is 55.0 Å². The molecule has 0 aromatic heterocycles. The van der Waals surface area contributed by atoms with Gasteiger partial charge in [0.1, 0.15) is 0 Å². The van der Waals surface area contributed by atoms with Crippen molar-refractivity contribution in [1.82, 2.24) is 9.80 Å². The number of hydrogen-bond acceptors (Lipinski definition) is 3. The van der Waals surface area contributed by atoms with E-state index < -0.39 is 0 Å². The zero-order chi connectivity index (χ0) is 14.0. The van der Waals surface area contributed by atoms with Gasteiger partial charge in [0.25, 0.3) is 5.91 Å². The molecule has 1 heterocycles. The molecule has 1 saturated heterocycles. The van der Waals surface area contributed by atoms with Gasteiger partial charge < -0.3 is 15.5 Å². The largest absolute Gasteiger partial charge is 0.332 e. The van der Waals surface area contributed by atoms with Crippen molar-refractivity contribution >= 4 is 17.5 Å². The SMILES string of the molecule is Cc1ccc(C(=O)N2CCN(C)C[C@H]2CN)cc1Cl. The molecule has 0 aliphatic carbocycles. The van der Waals surface area contributed by atoms with E-state index in [9.17, 15) is 4.79 Å². The Morgan fingerprint density at radius 1 is 1.47 bits per heavy atom. The Kier molecular flexibility index (Phi) is 4.45. The Hall–Kier alpha value is -1.10. The number of piperazine rings is 1. The summed E-state index contributed by atoms with van der Waals surface area (Å²) in [4.78, 5) is 16.6. The summed E-state index contributed by atoms with van der Waals surface area (Å²) in [6.45, 7) is 4.82. The van der Waals surface area contributed by atoms with Gasteiger partial charge in [-0.25, -0.2) is 0 Å². The van der Waals surface area contributed by atoms with Crippen LogP contribution in [0.15, 0.2) is 18.2 Å². The third kappa shape index (κ3) is 3.08. The molecule has 2 N–H and O–H groups in total. The molecule has 4 nitrogen and oxygen atoms in total. The summed E-state index contributed by atoms with van der Waals surface area (Å²) in [5, 5.41) is 0.629. The van der Waals surface area contributed by atoms with Gasteiger partial charge in [-0.05, 0) is 31.7 Å². The van der Waals surface area contributed by atoms with Crippen molar-refractivity contribution in [2.45, 2.75) is 13.0 Å². The molecule has 5 heteroatoms. The maximum Gasteiger partial charge on any atom is 0.254 e. The first kappa shape index (κ1) is 14.3. The first-order valence-electron chi connectivity index (χ1n) is 6.48. The molecule has 1 aromatic rings. The lowest BCUT2D eigenvalue weighted by Crippen LogP contribution is -2.56. The van der Waals surface area contributed by atoms with Crippen LogP contribution < -0.4 is 5.73 Å². The second-order valence-electron chi connectivity index (χ2n) is 5.11. The fraction of sp³-hybridized carbons (Fsp3) is 0.500. The molecule has 0 unspecified atom stereocenters. The number of nitrogens with two attached hydrogens (primary N) is 1. The van der Waals surface area contributed by atoms with Crippen LogP contribution in [0.25, 0.3) is 0 Å². The molecular weight excluding hydrogens is 262 g/mol. The molecule has 1 fully saturated rings. The van der Waals surface area contributed by atoms with Crippen LogP contribution in [0, 0.1) is 6.92 Å². The fourth-order valence-electron chi connectivity index (χ4n) is 2.37. The molecule has 1 aliphatic heterocycles. The summed E-state index contributed by atoms with van der Waals surface area (Å²) in [7, 11) is 2.05. The fourth-order valence-corrected chi connectivity index (χ4v) is 2.55. The molecular formula is C14H20ClN3O. The Balaban J connectivity index is 2.20. The second kappa shape index (κ2) is 5.90. The van der Waals surface area contributed by atoms with E-state index in [1.807, 2.05) is 31.0 Å². The highest BCUT2D eigenvalue weighted by Gasteiger charge is 2.28. The maximum atomic E-state index is 12.5. The molecule has 104 valence electrons. The van der Waals surface area contributed by atoms with Gasteiger partial charge in [-0.1, -0.05) is 17.7 Å². The lowest BCUT2D eigenvalue weighted by atomic mass is 10.1. The maximum absolute atomic E-state index is 12.5. The minimum absolute atomic E-state index is 0.0189. The van der Waals surface area contributed by atoms with Gasteiger partial charge in [-0.15, -0.1) is 0 Å². The van der Waals surface area contributed by atoms with Crippen LogP contribution in [0.3, 0.4) is 0 Å². The molecule has 2 rings (SSSR count). The van der Waals surface area contributed by atoms with E-state index in [2.05, 4.69) is 4.90 Å². The van der Waals surface area contributed by atoms with Crippen LogP contribution in [0.2, 0.25) is 5.02 Å². The summed E-state index contributed by atoms with van der Waals surface area (Å²) < 4.78 is 0. The van der Waals surface area contributed by atoms with Crippen molar-refractivity contribution in [3.63, 3.8) is 0 Å². The average molecular weight is 282 g/mol. The quantitative estimate of drug-likeness (QED) is 0.891. The van der Waals surface area contributed by atoms with E-state index >= 15 is 0 Å². The van der Waals surface area contributed by atoms with E-state index in [-0.39, 0.29) is 11.9 Å². The van der Waals surface area contributed by atoms with Crippen molar-refractivity contribution in [1.29, 1.82) is 0 Å². The van der Waals surface area contributed by atoms with Crippen LogP contribution >= 0.6 is 11.6 Å². The summed E-state index contributed by atoms with van der Waals surface area (Å²) in [6, 6.07) is 5.52. The van der Waals surface area contributed by atoms with Crippen molar-refractivity contribution in [2.75, 3.05) is 33.2 Å².